The zero-order chi connectivity index (χ0) is 26.1. The van der Waals surface area contributed by atoms with Crippen LogP contribution in [0.3, 0.4) is 0 Å². The second kappa shape index (κ2) is 10.3. The van der Waals surface area contributed by atoms with Gasteiger partial charge in [-0.2, -0.15) is 0 Å². The summed E-state index contributed by atoms with van der Waals surface area (Å²) in [5, 5.41) is 14.0. The second-order valence-corrected chi connectivity index (χ2v) is 10.8. The standard InChI is InChI=1S/C28H40BN3O4/c1-7-9-25(33)30-23-14-15-24(26(34)22(23)8-2)32-18-16-31(17-19-32)21-12-10-20(11-13-21)29-35-27(3,4)28(5,6)36-29/h10-15,34H,7-9,16-19H2,1-6H3,(H,30,33). The zero-order valence-electron chi connectivity index (χ0n) is 22.6. The van der Waals surface area contributed by atoms with Crippen molar-refractivity contribution in [3.63, 3.8) is 0 Å². The van der Waals surface area contributed by atoms with E-state index in [0.29, 0.717) is 18.5 Å². The fourth-order valence-electron chi connectivity index (χ4n) is 4.82. The van der Waals surface area contributed by atoms with Crippen molar-refractivity contribution in [3.8, 4) is 5.75 Å². The van der Waals surface area contributed by atoms with Crippen molar-refractivity contribution in [2.75, 3.05) is 41.3 Å². The van der Waals surface area contributed by atoms with Gasteiger partial charge in [0.05, 0.1) is 16.9 Å². The molecule has 0 aliphatic carbocycles. The largest absolute Gasteiger partial charge is 0.505 e. The molecule has 2 aliphatic rings. The van der Waals surface area contributed by atoms with Gasteiger partial charge in [0.15, 0.2) is 0 Å². The van der Waals surface area contributed by atoms with Crippen LogP contribution < -0.4 is 20.6 Å². The first kappa shape index (κ1) is 26.4. The Morgan fingerprint density at radius 1 is 0.944 bits per heavy atom. The van der Waals surface area contributed by atoms with E-state index < -0.39 is 0 Å². The van der Waals surface area contributed by atoms with Crippen LogP contribution >= 0.6 is 0 Å². The van der Waals surface area contributed by atoms with E-state index in [4.69, 9.17) is 9.31 Å². The van der Waals surface area contributed by atoms with Gasteiger partial charge in [0.2, 0.25) is 5.91 Å². The summed E-state index contributed by atoms with van der Waals surface area (Å²) in [6.45, 7) is 15.6. The quantitative estimate of drug-likeness (QED) is 0.560. The molecule has 36 heavy (non-hydrogen) atoms. The summed E-state index contributed by atoms with van der Waals surface area (Å²) in [6, 6.07) is 12.3. The Hall–Kier alpha value is -2.71. The number of aromatic hydroxyl groups is 1. The zero-order valence-corrected chi connectivity index (χ0v) is 22.6. The van der Waals surface area contributed by atoms with E-state index in [1.807, 2.05) is 26.0 Å². The van der Waals surface area contributed by atoms with Crippen molar-refractivity contribution in [2.24, 2.45) is 0 Å². The molecule has 0 saturated carbocycles. The van der Waals surface area contributed by atoms with Gasteiger partial charge in [0.25, 0.3) is 0 Å². The Labute approximate surface area is 215 Å². The maximum Gasteiger partial charge on any atom is 0.494 e. The van der Waals surface area contributed by atoms with Gasteiger partial charge in [-0.15, -0.1) is 0 Å². The Morgan fingerprint density at radius 3 is 2.08 bits per heavy atom. The minimum atomic E-state index is -0.355. The summed E-state index contributed by atoms with van der Waals surface area (Å²) < 4.78 is 12.4. The number of carbonyl (C=O) groups excluding carboxylic acids is 1. The van der Waals surface area contributed by atoms with Gasteiger partial charge >= 0.3 is 7.12 Å². The summed E-state index contributed by atoms with van der Waals surface area (Å²) in [5.41, 5.74) is 3.82. The molecule has 2 N–H and O–H groups in total. The molecule has 0 radical (unpaired) electrons. The lowest BCUT2D eigenvalue weighted by Gasteiger charge is -2.38. The molecule has 4 rings (SSSR count). The molecule has 194 valence electrons. The van der Waals surface area contributed by atoms with Crippen molar-refractivity contribution in [1.82, 2.24) is 0 Å². The molecular weight excluding hydrogens is 453 g/mol. The number of carbonyl (C=O) groups is 1. The van der Waals surface area contributed by atoms with Gasteiger partial charge in [-0.3, -0.25) is 4.79 Å². The third kappa shape index (κ3) is 5.20. The van der Waals surface area contributed by atoms with Crippen molar-refractivity contribution in [1.29, 1.82) is 0 Å². The van der Waals surface area contributed by atoms with Gasteiger partial charge in [0, 0.05) is 49.5 Å². The molecule has 8 heteroatoms. The number of nitrogens with zero attached hydrogens (tertiary/aromatic N) is 2. The number of rotatable bonds is 7. The Bertz CT molecular complexity index is 1060. The Kier molecular flexibility index (Phi) is 7.57. The lowest BCUT2D eigenvalue weighted by molar-refractivity contribution is -0.116. The van der Waals surface area contributed by atoms with E-state index in [1.54, 1.807) is 0 Å². The van der Waals surface area contributed by atoms with E-state index >= 15 is 0 Å². The summed E-state index contributed by atoms with van der Waals surface area (Å²) in [5.74, 6) is 0.254. The van der Waals surface area contributed by atoms with E-state index in [0.717, 1.165) is 49.3 Å². The van der Waals surface area contributed by atoms with Crippen molar-refractivity contribution >= 4 is 35.6 Å². The number of phenolic OH excluding ortho intramolecular Hbond substituents is 1. The number of benzene rings is 2. The van der Waals surface area contributed by atoms with Gasteiger partial charge in [-0.05, 0) is 70.3 Å². The smallest absolute Gasteiger partial charge is 0.494 e. The Balaban J connectivity index is 1.40. The summed E-state index contributed by atoms with van der Waals surface area (Å²) in [4.78, 5) is 16.7. The first-order chi connectivity index (χ1) is 17.1. The fourth-order valence-corrected chi connectivity index (χ4v) is 4.82. The molecule has 0 bridgehead atoms. The number of hydrogen-bond donors (Lipinski definition) is 2. The molecule has 2 aromatic rings. The number of anilines is 3. The van der Waals surface area contributed by atoms with Crippen LogP contribution in [0.4, 0.5) is 17.1 Å². The fraction of sp³-hybridized carbons (Fsp3) is 0.536. The first-order valence-electron chi connectivity index (χ1n) is 13.2. The molecule has 0 spiro atoms. The molecule has 1 amide bonds. The molecule has 2 fully saturated rings. The Morgan fingerprint density at radius 2 is 1.53 bits per heavy atom. The van der Waals surface area contributed by atoms with Gasteiger partial charge in [-0.1, -0.05) is 26.0 Å². The van der Waals surface area contributed by atoms with Crippen molar-refractivity contribution < 1.29 is 19.2 Å². The van der Waals surface area contributed by atoms with E-state index in [-0.39, 0.29) is 30.0 Å². The highest BCUT2D eigenvalue weighted by Crippen LogP contribution is 2.38. The number of amides is 1. The minimum Gasteiger partial charge on any atom is -0.505 e. The van der Waals surface area contributed by atoms with Crippen LogP contribution in [0.5, 0.6) is 5.75 Å². The van der Waals surface area contributed by atoms with E-state index in [9.17, 15) is 9.90 Å². The van der Waals surface area contributed by atoms with Gasteiger partial charge in [-0.25, -0.2) is 0 Å². The third-order valence-electron chi connectivity index (χ3n) is 7.77. The lowest BCUT2D eigenvalue weighted by atomic mass is 9.79. The highest BCUT2D eigenvalue weighted by atomic mass is 16.7. The number of hydrogen-bond acceptors (Lipinski definition) is 6. The van der Waals surface area contributed by atoms with Crippen molar-refractivity contribution in [3.05, 3.63) is 42.0 Å². The van der Waals surface area contributed by atoms with E-state index in [2.05, 4.69) is 67.1 Å². The molecule has 2 saturated heterocycles. The predicted molar refractivity (Wildman–Crippen MR) is 148 cm³/mol. The normalized spacial score (nSPS) is 19.0. The molecule has 7 nitrogen and oxygen atoms in total. The molecule has 0 atom stereocenters. The van der Waals surface area contributed by atoms with Crippen LogP contribution in [-0.2, 0) is 20.5 Å². The maximum atomic E-state index is 12.1. The molecule has 2 aliphatic heterocycles. The number of nitrogens with one attached hydrogen (secondary N) is 1. The van der Waals surface area contributed by atoms with Crippen LogP contribution in [0.2, 0.25) is 0 Å². The van der Waals surface area contributed by atoms with Crippen LogP contribution in [0.1, 0.15) is 59.9 Å². The SMILES string of the molecule is CCCC(=O)Nc1ccc(N2CCN(c3ccc(B4OC(C)(C)C(C)(C)O4)cc3)CC2)c(O)c1CC. The average Bonchev–Trinajstić information content (AvgIpc) is 3.06. The summed E-state index contributed by atoms with van der Waals surface area (Å²) in [7, 11) is -0.355. The summed E-state index contributed by atoms with van der Waals surface area (Å²) >= 11 is 0. The molecule has 0 unspecified atom stereocenters. The lowest BCUT2D eigenvalue weighted by Crippen LogP contribution is -2.46. The van der Waals surface area contributed by atoms with Crippen LogP contribution in [0.15, 0.2) is 36.4 Å². The highest BCUT2D eigenvalue weighted by molar-refractivity contribution is 6.62. The molecule has 2 heterocycles. The topological polar surface area (TPSA) is 74.3 Å². The van der Waals surface area contributed by atoms with Crippen LogP contribution in [0.25, 0.3) is 0 Å². The molecule has 2 aromatic carbocycles. The minimum absolute atomic E-state index is 0.0162. The number of piperazine rings is 1. The monoisotopic (exact) mass is 493 g/mol. The maximum absolute atomic E-state index is 12.1. The van der Waals surface area contributed by atoms with Gasteiger partial charge in [0.1, 0.15) is 5.75 Å². The first-order valence-corrected chi connectivity index (χ1v) is 13.2. The van der Waals surface area contributed by atoms with E-state index in [1.165, 1.54) is 5.69 Å². The van der Waals surface area contributed by atoms with Crippen LogP contribution in [-0.4, -0.2) is 55.5 Å². The second-order valence-electron chi connectivity index (χ2n) is 10.8. The third-order valence-corrected chi connectivity index (χ3v) is 7.77. The van der Waals surface area contributed by atoms with Crippen LogP contribution in [0, 0.1) is 0 Å². The average molecular weight is 493 g/mol. The van der Waals surface area contributed by atoms with Gasteiger partial charge < -0.3 is 29.5 Å². The van der Waals surface area contributed by atoms with Crippen molar-refractivity contribution in [2.45, 2.75) is 72.0 Å². The molecule has 0 aromatic heterocycles. The highest BCUT2D eigenvalue weighted by Gasteiger charge is 2.51. The predicted octanol–water partition coefficient (Wildman–Crippen LogP) is 4.32. The summed E-state index contributed by atoms with van der Waals surface area (Å²) in [6.07, 6.45) is 1.92. The molecular formula is C28H40BN3O4. The number of phenols is 1.